The monoisotopic (exact) mass is 236 g/mol. The highest BCUT2D eigenvalue weighted by Gasteiger charge is 2.24. The molecule has 2 rings (SSSR count). The van der Waals surface area contributed by atoms with Crippen LogP contribution in [-0.2, 0) is 4.79 Å². The Kier molecular flexibility index (Phi) is 3.31. The van der Waals surface area contributed by atoms with E-state index in [1.54, 1.807) is 6.92 Å². The number of nitrogen functional groups attached to an aromatic ring is 1. The lowest BCUT2D eigenvalue weighted by Crippen LogP contribution is -2.21. The van der Waals surface area contributed by atoms with Crippen LogP contribution in [0.15, 0.2) is 12.1 Å². The van der Waals surface area contributed by atoms with Crippen LogP contribution in [0, 0.1) is 18.7 Å². The second kappa shape index (κ2) is 4.73. The quantitative estimate of drug-likeness (QED) is 0.776. The topological polar surface area (TPSA) is 55.1 Å². The van der Waals surface area contributed by atoms with Crippen LogP contribution in [0.3, 0.4) is 0 Å². The van der Waals surface area contributed by atoms with Crippen molar-refractivity contribution in [1.82, 2.24) is 0 Å². The molecule has 0 radical (unpaired) electrons. The van der Waals surface area contributed by atoms with E-state index in [4.69, 9.17) is 5.73 Å². The maximum absolute atomic E-state index is 13.6. The van der Waals surface area contributed by atoms with Crippen molar-refractivity contribution in [2.45, 2.75) is 32.6 Å². The maximum atomic E-state index is 13.6. The van der Waals surface area contributed by atoms with Gasteiger partial charge in [0, 0.05) is 11.6 Å². The van der Waals surface area contributed by atoms with E-state index in [0.717, 1.165) is 25.7 Å². The molecule has 0 saturated heterocycles. The van der Waals surface area contributed by atoms with Crippen LogP contribution in [0.25, 0.3) is 0 Å². The number of hydrogen-bond acceptors (Lipinski definition) is 2. The molecule has 4 heteroatoms. The lowest BCUT2D eigenvalue weighted by Gasteiger charge is -2.14. The van der Waals surface area contributed by atoms with E-state index in [-0.39, 0.29) is 17.5 Å². The van der Waals surface area contributed by atoms with Gasteiger partial charge < -0.3 is 11.1 Å². The zero-order valence-electron chi connectivity index (χ0n) is 9.92. The third kappa shape index (κ3) is 2.40. The Morgan fingerprint density at radius 3 is 2.71 bits per heavy atom. The summed E-state index contributed by atoms with van der Waals surface area (Å²) in [6, 6.07) is 2.79. The molecule has 0 unspecified atom stereocenters. The van der Waals surface area contributed by atoms with Gasteiger partial charge in [-0.15, -0.1) is 0 Å². The number of benzene rings is 1. The molecular formula is C13H17FN2O. The van der Waals surface area contributed by atoms with E-state index in [2.05, 4.69) is 5.32 Å². The third-order valence-electron chi connectivity index (χ3n) is 3.43. The summed E-state index contributed by atoms with van der Waals surface area (Å²) in [5.41, 5.74) is 7.01. The average molecular weight is 236 g/mol. The molecule has 0 aliphatic heterocycles. The lowest BCUT2D eigenvalue weighted by atomic mass is 10.1. The van der Waals surface area contributed by atoms with E-state index in [0.29, 0.717) is 11.3 Å². The minimum atomic E-state index is -0.428. The van der Waals surface area contributed by atoms with Crippen molar-refractivity contribution in [1.29, 1.82) is 0 Å². The van der Waals surface area contributed by atoms with Crippen LogP contribution in [-0.4, -0.2) is 5.91 Å². The van der Waals surface area contributed by atoms with E-state index in [1.807, 2.05) is 0 Å². The van der Waals surface area contributed by atoms with Crippen LogP contribution >= 0.6 is 0 Å². The van der Waals surface area contributed by atoms with Crippen molar-refractivity contribution in [2.24, 2.45) is 5.92 Å². The van der Waals surface area contributed by atoms with E-state index >= 15 is 0 Å². The molecular weight excluding hydrogens is 219 g/mol. The predicted octanol–water partition coefficient (Wildman–Crippen LogP) is 2.85. The lowest BCUT2D eigenvalue weighted by molar-refractivity contribution is -0.119. The summed E-state index contributed by atoms with van der Waals surface area (Å²) < 4.78 is 13.6. The van der Waals surface area contributed by atoms with Gasteiger partial charge in [-0.2, -0.15) is 0 Å². The molecule has 0 spiro atoms. The Bertz CT molecular complexity index is 439. The van der Waals surface area contributed by atoms with Gasteiger partial charge in [-0.3, -0.25) is 4.79 Å². The van der Waals surface area contributed by atoms with Gasteiger partial charge in [-0.25, -0.2) is 4.39 Å². The molecule has 1 fully saturated rings. The first-order chi connectivity index (χ1) is 8.09. The first kappa shape index (κ1) is 11.9. The molecule has 1 aromatic carbocycles. The fourth-order valence-electron chi connectivity index (χ4n) is 2.26. The number of nitrogens with two attached hydrogens (primary N) is 1. The number of carbonyl (C=O) groups is 1. The summed E-state index contributed by atoms with van der Waals surface area (Å²) >= 11 is 0. The van der Waals surface area contributed by atoms with Gasteiger partial charge in [0.25, 0.3) is 0 Å². The van der Waals surface area contributed by atoms with Crippen LogP contribution in [0.4, 0.5) is 15.8 Å². The fraction of sp³-hybridized carbons (Fsp3) is 0.462. The van der Waals surface area contributed by atoms with Crippen LogP contribution < -0.4 is 11.1 Å². The summed E-state index contributed by atoms with van der Waals surface area (Å²) in [6.45, 7) is 1.71. The van der Waals surface area contributed by atoms with Crippen molar-refractivity contribution < 1.29 is 9.18 Å². The summed E-state index contributed by atoms with van der Waals surface area (Å²) in [5.74, 6) is -0.492. The second-order valence-electron chi connectivity index (χ2n) is 4.61. The van der Waals surface area contributed by atoms with Crippen LogP contribution in [0.2, 0.25) is 0 Å². The van der Waals surface area contributed by atoms with Gasteiger partial charge in [0.05, 0.1) is 5.69 Å². The molecule has 1 aromatic rings. The third-order valence-corrected chi connectivity index (χ3v) is 3.43. The summed E-state index contributed by atoms with van der Waals surface area (Å²) in [7, 11) is 0. The highest BCUT2D eigenvalue weighted by molar-refractivity contribution is 5.94. The molecule has 1 aliphatic carbocycles. The molecule has 1 saturated carbocycles. The molecule has 1 aliphatic rings. The Balaban J connectivity index is 2.17. The van der Waals surface area contributed by atoms with E-state index in [9.17, 15) is 9.18 Å². The zero-order valence-corrected chi connectivity index (χ0v) is 9.92. The molecule has 3 nitrogen and oxygen atoms in total. The van der Waals surface area contributed by atoms with Crippen molar-refractivity contribution in [3.63, 3.8) is 0 Å². The SMILES string of the molecule is Cc1c(N)ccc(F)c1NC(=O)C1CCCC1. The summed E-state index contributed by atoms with van der Waals surface area (Å²) in [6.07, 6.45) is 3.95. The van der Waals surface area contributed by atoms with E-state index in [1.165, 1.54) is 12.1 Å². The van der Waals surface area contributed by atoms with Crippen molar-refractivity contribution in [3.8, 4) is 0 Å². The molecule has 17 heavy (non-hydrogen) atoms. The zero-order chi connectivity index (χ0) is 12.4. The minimum absolute atomic E-state index is 0.0234. The first-order valence-corrected chi connectivity index (χ1v) is 5.95. The Labute approximate surface area is 100 Å². The standard InChI is InChI=1S/C13H17FN2O/c1-8-11(15)7-6-10(14)12(8)16-13(17)9-4-2-3-5-9/h6-7,9H,2-5,15H2,1H3,(H,16,17). The molecule has 0 bridgehead atoms. The molecule has 0 aromatic heterocycles. The Morgan fingerprint density at radius 2 is 2.06 bits per heavy atom. The summed E-state index contributed by atoms with van der Waals surface area (Å²) in [4.78, 5) is 11.9. The van der Waals surface area contributed by atoms with E-state index < -0.39 is 5.82 Å². The van der Waals surface area contributed by atoms with Gasteiger partial charge >= 0.3 is 0 Å². The molecule has 1 amide bonds. The Morgan fingerprint density at radius 1 is 1.41 bits per heavy atom. The van der Waals surface area contributed by atoms with Gasteiger partial charge in [-0.05, 0) is 37.5 Å². The highest BCUT2D eigenvalue weighted by Crippen LogP contribution is 2.29. The molecule has 92 valence electrons. The number of hydrogen-bond donors (Lipinski definition) is 2. The second-order valence-corrected chi connectivity index (χ2v) is 4.61. The fourth-order valence-corrected chi connectivity index (χ4v) is 2.26. The predicted molar refractivity (Wildman–Crippen MR) is 66.1 cm³/mol. The van der Waals surface area contributed by atoms with Gasteiger partial charge in [0.1, 0.15) is 5.82 Å². The number of halogens is 1. The molecule has 0 atom stereocenters. The van der Waals surface area contributed by atoms with Crippen molar-refractivity contribution in [3.05, 3.63) is 23.5 Å². The van der Waals surface area contributed by atoms with Crippen LogP contribution in [0.1, 0.15) is 31.2 Å². The van der Waals surface area contributed by atoms with Crippen molar-refractivity contribution in [2.75, 3.05) is 11.1 Å². The first-order valence-electron chi connectivity index (χ1n) is 5.95. The van der Waals surface area contributed by atoms with Gasteiger partial charge in [0.15, 0.2) is 0 Å². The highest BCUT2D eigenvalue weighted by atomic mass is 19.1. The Hall–Kier alpha value is -1.58. The molecule has 3 N–H and O–H groups in total. The largest absolute Gasteiger partial charge is 0.398 e. The van der Waals surface area contributed by atoms with Gasteiger partial charge in [-0.1, -0.05) is 12.8 Å². The number of rotatable bonds is 2. The van der Waals surface area contributed by atoms with Crippen molar-refractivity contribution >= 4 is 17.3 Å². The minimum Gasteiger partial charge on any atom is -0.398 e. The molecule has 0 heterocycles. The van der Waals surface area contributed by atoms with Crippen LogP contribution in [0.5, 0.6) is 0 Å². The smallest absolute Gasteiger partial charge is 0.227 e. The normalized spacial score (nSPS) is 16.1. The number of nitrogens with one attached hydrogen (secondary N) is 1. The van der Waals surface area contributed by atoms with Gasteiger partial charge in [0.2, 0.25) is 5.91 Å². The number of carbonyl (C=O) groups excluding carboxylic acids is 1. The number of amides is 1. The average Bonchev–Trinajstić information content (AvgIpc) is 2.83. The summed E-state index contributed by atoms with van der Waals surface area (Å²) in [5, 5.41) is 2.67. The number of anilines is 2. The maximum Gasteiger partial charge on any atom is 0.227 e.